The molecule has 0 saturated heterocycles. The van der Waals surface area contributed by atoms with Crippen LogP contribution in [0.1, 0.15) is 66.2 Å². The smallest absolute Gasteiger partial charge is 0.408 e. The number of Topliss-reactive ketones (excluding diaryl/α,β-unsaturated/α-hetero) is 1. The summed E-state index contributed by atoms with van der Waals surface area (Å²) in [6.45, 7) is 7.00. The second kappa shape index (κ2) is 11.4. The molecule has 0 aliphatic rings. The number of unbranched alkanes of at least 4 members (excludes halogenated alkanes) is 1. The maximum atomic E-state index is 11.6. The van der Waals surface area contributed by atoms with Gasteiger partial charge in [0.25, 0.3) is 0 Å². The molecule has 0 aromatic heterocycles. The summed E-state index contributed by atoms with van der Waals surface area (Å²) in [5, 5.41) is 14.2. The minimum absolute atomic E-state index is 0.0602. The number of rotatable bonds is 11. The van der Waals surface area contributed by atoms with Gasteiger partial charge in [-0.05, 0) is 53.4 Å². The number of carbonyl (C=O) groups is 4. The fourth-order valence-corrected chi connectivity index (χ4v) is 1.99. The predicted molar refractivity (Wildman–Crippen MR) is 92.2 cm³/mol. The molecule has 0 spiro atoms. The second-order valence-electron chi connectivity index (χ2n) is 6.94. The molecule has 2 amide bonds. The normalized spacial score (nSPS) is 12.2. The fraction of sp³-hybridized carbons (Fsp3) is 0.765. The quantitative estimate of drug-likeness (QED) is 0.486. The van der Waals surface area contributed by atoms with Gasteiger partial charge in [-0.3, -0.25) is 4.79 Å². The van der Waals surface area contributed by atoms with Crippen LogP contribution in [0.25, 0.3) is 0 Å². The average Bonchev–Trinajstić information content (AvgIpc) is 2.43. The van der Waals surface area contributed by atoms with Gasteiger partial charge in [0.2, 0.25) is 5.91 Å². The fourth-order valence-electron chi connectivity index (χ4n) is 1.99. The summed E-state index contributed by atoms with van der Waals surface area (Å²) >= 11 is 0. The standard InChI is InChI=1S/C17H30N2O6/c1-12(20)8-7-10-14(21)18-11-6-5-9-13(15(22)23)19-16(24)25-17(2,3)4/h13H,5-11H2,1-4H3,(H,18,21)(H,19,24)(H,22,23)/t13-/m0/s1. The molecule has 0 aromatic rings. The predicted octanol–water partition coefficient (Wildman–Crippen LogP) is 2.01. The maximum absolute atomic E-state index is 11.6. The Bertz CT molecular complexity index is 470. The molecule has 0 bridgehead atoms. The van der Waals surface area contributed by atoms with Crippen LogP contribution in [-0.4, -0.2) is 47.0 Å². The van der Waals surface area contributed by atoms with Crippen molar-refractivity contribution >= 4 is 23.8 Å². The molecule has 0 unspecified atom stereocenters. The number of carboxylic acid groups (broad SMARTS) is 1. The van der Waals surface area contributed by atoms with Crippen molar-refractivity contribution < 1.29 is 29.0 Å². The third-order valence-corrected chi connectivity index (χ3v) is 3.16. The van der Waals surface area contributed by atoms with E-state index >= 15 is 0 Å². The Labute approximate surface area is 148 Å². The summed E-state index contributed by atoms with van der Waals surface area (Å²) in [5.41, 5.74) is -0.695. The van der Waals surface area contributed by atoms with Gasteiger partial charge in [0.05, 0.1) is 0 Å². The lowest BCUT2D eigenvalue weighted by atomic mass is 10.1. The Hall–Kier alpha value is -2.12. The van der Waals surface area contributed by atoms with Crippen molar-refractivity contribution in [1.29, 1.82) is 0 Å². The van der Waals surface area contributed by atoms with Crippen molar-refractivity contribution in [3.05, 3.63) is 0 Å². The number of hydrogen-bond acceptors (Lipinski definition) is 5. The number of carbonyl (C=O) groups excluding carboxylic acids is 3. The first kappa shape index (κ1) is 22.9. The van der Waals surface area contributed by atoms with E-state index in [1.807, 2.05) is 0 Å². The number of aliphatic carboxylic acids is 1. The Balaban J connectivity index is 3.97. The molecule has 0 saturated carbocycles. The van der Waals surface area contributed by atoms with Crippen LogP contribution >= 0.6 is 0 Å². The van der Waals surface area contributed by atoms with Gasteiger partial charge in [-0.2, -0.15) is 0 Å². The van der Waals surface area contributed by atoms with E-state index in [9.17, 15) is 19.2 Å². The van der Waals surface area contributed by atoms with Crippen molar-refractivity contribution in [1.82, 2.24) is 10.6 Å². The molecule has 0 rings (SSSR count). The van der Waals surface area contributed by atoms with Crippen LogP contribution < -0.4 is 10.6 Å². The molecular weight excluding hydrogens is 328 g/mol. The van der Waals surface area contributed by atoms with Crippen LogP contribution in [0.4, 0.5) is 4.79 Å². The highest BCUT2D eigenvalue weighted by atomic mass is 16.6. The van der Waals surface area contributed by atoms with Gasteiger partial charge in [-0.1, -0.05) is 0 Å². The molecule has 0 aromatic carbocycles. The topological polar surface area (TPSA) is 122 Å². The third kappa shape index (κ3) is 14.0. The van der Waals surface area contributed by atoms with Gasteiger partial charge < -0.3 is 25.3 Å². The zero-order valence-electron chi connectivity index (χ0n) is 15.5. The zero-order chi connectivity index (χ0) is 19.5. The highest BCUT2D eigenvalue weighted by molar-refractivity contribution is 5.80. The molecule has 8 heteroatoms. The first-order chi connectivity index (χ1) is 11.5. The van der Waals surface area contributed by atoms with Crippen LogP contribution in [-0.2, 0) is 19.1 Å². The molecule has 0 aliphatic carbocycles. The molecule has 1 atom stereocenters. The maximum Gasteiger partial charge on any atom is 0.408 e. The lowest BCUT2D eigenvalue weighted by Gasteiger charge is -2.22. The van der Waals surface area contributed by atoms with E-state index in [0.717, 1.165) is 0 Å². The van der Waals surface area contributed by atoms with E-state index in [-0.39, 0.29) is 18.1 Å². The molecule has 3 N–H and O–H groups in total. The molecule has 25 heavy (non-hydrogen) atoms. The van der Waals surface area contributed by atoms with Crippen LogP contribution in [0, 0.1) is 0 Å². The van der Waals surface area contributed by atoms with Gasteiger partial charge >= 0.3 is 12.1 Å². The number of hydrogen-bond donors (Lipinski definition) is 3. The summed E-state index contributed by atoms with van der Waals surface area (Å²) in [7, 11) is 0. The summed E-state index contributed by atoms with van der Waals surface area (Å²) in [6, 6.07) is -1.03. The Morgan fingerprint density at radius 2 is 1.68 bits per heavy atom. The van der Waals surface area contributed by atoms with Gasteiger partial charge in [0, 0.05) is 19.4 Å². The first-order valence-electron chi connectivity index (χ1n) is 8.49. The van der Waals surface area contributed by atoms with E-state index < -0.39 is 23.7 Å². The molecule has 144 valence electrons. The Morgan fingerprint density at radius 3 is 2.20 bits per heavy atom. The van der Waals surface area contributed by atoms with E-state index in [2.05, 4.69) is 10.6 Å². The summed E-state index contributed by atoms with van der Waals surface area (Å²) in [6.07, 6.45) is 1.83. The first-order valence-corrected chi connectivity index (χ1v) is 8.49. The Morgan fingerprint density at radius 1 is 1.04 bits per heavy atom. The van der Waals surface area contributed by atoms with Gasteiger partial charge in [-0.15, -0.1) is 0 Å². The lowest BCUT2D eigenvalue weighted by Crippen LogP contribution is -2.43. The highest BCUT2D eigenvalue weighted by Gasteiger charge is 2.23. The number of amides is 2. The number of ether oxygens (including phenoxy) is 1. The second-order valence-corrected chi connectivity index (χ2v) is 6.94. The molecule has 0 radical (unpaired) electrons. The third-order valence-electron chi connectivity index (χ3n) is 3.16. The van der Waals surface area contributed by atoms with E-state index in [1.54, 1.807) is 20.8 Å². The van der Waals surface area contributed by atoms with Crippen molar-refractivity contribution in [3.8, 4) is 0 Å². The Kier molecular flexibility index (Phi) is 10.5. The van der Waals surface area contributed by atoms with E-state index in [4.69, 9.17) is 9.84 Å². The lowest BCUT2D eigenvalue weighted by molar-refractivity contribution is -0.139. The van der Waals surface area contributed by atoms with E-state index in [0.29, 0.717) is 38.6 Å². The van der Waals surface area contributed by atoms with Crippen molar-refractivity contribution in [3.63, 3.8) is 0 Å². The molecule has 8 nitrogen and oxygen atoms in total. The molecule has 0 fully saturated rings. The zero-order valence-corrected chi connectivity index (χ0v) is 15.5. The van der Waals surface area contributed by atoms with Crippen LogP contribution in [0.2, 0.25) is 0 Å². The summed E-state index contributed by atoms with van der Waals surface area (Å²) in [4.78, 5) is 45.1. The van der Waals surface area contributed by atoms with Gasteiger partial charge in [-0.25, -0.2) is 9.59 Å². The van der Waals surface area contributed by atoms with Crippen LogP contribution in [0.5, 0.6) is 0 Å². The number of carboxylic acids is 1. The molecular formula is C17H30N2O6. The molecule has 0 heterocycles. The summed E-state index contributed by atoms with van der Waals surface area (Å²) < 4.78 is 5.04. The van der Waals surface area contributed by atoms with Crippen molar-refractivity contribution in [2.24, 2.45) is 0 Å². The van der Waals surface area contributed by atoms with Crippen molar-refractivity contribution in [2.45, 2.75) is 77.9 Å². The SMILES string of the molecule is CC(=O)CCCC(=O)NCCCC[C@H](NC(=O)OC(C)(C)C)C(=O)O. The van der Waals surface area contributed by atoms with E-state index in [1.165, 1.54) is 6.92 Å². The monoisotopic (exact) mass is 358 g/mol. The minimum Gasteiger partial charge on any atom is -0.480 e. The number of nitrogens with one attached hydrogen (secondary N) is 2. The number of ketones is 1. The highest BCUT2D eigenvalue weighted by Crippen LogP contribution is 2.08. The number of alkyl carbamates (subject to hydrolysis) is 1. The molecule has 0 aliphatic heterocycles. The van der Waals surface area contributed by atoms with Crippen LogP contribution in [0.3, 0.4) is 0 Å². The largest absolute Gasteiger partial charge is 0.480 e. The van der Waals surface area contributed by atoms with Gasteiger partial charge in [0.15, 0.2) is 0 Å². The minimum atomic E-state index is -1.13. The van der Waals surface area contributed by atoms with Gasteiger partial charge in [0.1, 0.15) is 17.4 Å². The summed E-state index contributed by atoms with van der Waals surface area (Å²) in [5.74, 6) is -1.19. The average molecular weight is 358 g/mol. The van der Waals surface area contributed by atoms with Crippen molar-refractivity contribution in [2.75, 3.05) is 6.54 Å². The van der Waals surface area contributed by atoms with Crippen LogP contribution in [0.15, 0.2) is 0 Å².